The van der Waals surface area contributed by atoms with Crippen LogP contribution < -0.4 is 5.32 Å². The van der Waals surface area contributed by atoms with Crippen LogP contribution in [0.5, 0.6) is 0 Å². The Morgan fingerprint density at radius 1 is 1.75 bits per heavy atom. The zero-order valence-electron chi connectivity index (χ0n) is 7.88. The summed E-state index contributed by atoms with van der Waals surface area (Å²) in [6.45, 7) is 7.83. The van der Waals surface area contributed by atoms with Crippen molar-refractivity contribution >= 4 is 0 Å². The summed E-state index contributed by atoms with van der Waals surface area (Å²) in [6.07, 6.45) is 5.88. The molecule has 1 aliphatic heterocycles. The van der Waals surface area contributed by atoms with Gasteiger partial charge in [-0.2, -0.15) is 0 Å². The van der Waals surface area contributed by atoms with Crippen molar-refractivity contribution in [3.63, 3.8) is 0 Å². The summed E-state index contributed by atoms with van der Waals surface area (Å²) < 4.78 is 5.49. The molecular weight excluding hydrogens is 150 g/mol. The van der Waals surface area contributed by atoms with Gasteiger partial charge in [-0.25, -0.2) is 0 Å². The fraction of sp³-hybridized carbons (Fsp3) is 0.800. The van der Waals surface area contributed by atoms with Crippen LogP contribution in [0.1, 0.15) is 26.2 Å². The van der Waals surface area contributed by atoms with Crippen molar-refractivity contribution in [3.05, 3.63) is 12.7 Å². The van der Waals surface area contributed by atoms with Crippen LogP contribution in [-0.4, -0.2) is 25.3 Å². The summed E-state index contributed by atoms with van der Waals surface area (Å²) in [5.41, 5.74) is 0. The maximum absolute atomic E-state index is 5.49. The third-order valence-corrected chi connectivity index (χ3v) is 2.24. The summed E-state index contributed by atoms with van der Waals surface area (Å²) in [7, 11) is 0. The summed E-state index contributed by atoms with van der Waals surface area (Å²) in [6, 6.07) is 0.534. The van der Waals surface area contributed by atoms with Gasteiger partial charge in [-0.15, -0.1) is 6.58 Å². The van der Waals surface area contributed by atoms with Gasteiger partial charge in [0.05, 0.1) is 6.10 Å². The fourth-order valence-electron chi connectivity index (χ4n) is 1.47. The van der Waals surface area contributed by atoms with Gasteiger partial charge in [0.15, 0.2) is 0 Å². The van der Waals surface area contributed by atoms with E-state index in [0.29, 0.717) is 12.1 Å². The Morgan fingerprint density at radius 3 is 3.17 bits per heavy atom. The predicted octanol–water partition coefficient (Wildman–Crippen LogP) is 1.72. The van der Waals surface area contributed by atoms with Crippen LogP contribution in [0.15, 0.2) is 12.7 Å². The van der Waals surface area contributed by atoms with Crippen LogP contribution in [0.2, 0.25) is 0 Å². The highest BCUT2D eigenvalue weighted by Gasteiger charge is 2.15. The Balaban J connectivity index is 2.03. The molecule has 1 rings (SSSR count). The second-order valence-corrected chi connectivity index (χ2v) is 3.47. The molecule has 0 radical (unpaired) electrons. The highest BCUT2D eigenvalue weighted by atomic mass is 16.5. The molecule has 0 amide bonds. The van der Waals surface area contributed by atoms with Crippen LogP contribution >= 0.6 is 0 Å². The Kier molecular flexibility index (Phi) is 4.33. The first kappa shape index (κ1) is 9.75. The van der Waals surface area contributed by atoms with Crippen LogP contribution in [0.4, 0.5) is 0 Å². The smallest absolute Gasteiger partial charge is 0.0700 e. The highest BCUT2D eigenvalue weighted by molar-refractivity contribution is 4.76. The second-order valence-electron chi connectivity index (χ2n) is 3.47. The molecule has 1 fully saturated rings. The van der Waals surface area contributed by atoms with Crippen molar-refractivity contribution in [3.8, 4) is 0 Å². The van der Waals surface area contributed by atoms with Crippen molar-refractivity contribution in [1.82, 2.24) is 5.32 Å². The van der Waals surface area contributed by atoms with Gasteiger partial charge in [0, 0.05) is 19.2 Å². The van der Waals surface area contributed by atoms with Crippen LogP contribution in [0.3, 0.4) is 0 Å². The molecule has 0 saturated carbocycles. The standard InChI is InChI=1S/C10H19NO/c1-3-5-9(2)11-8-10-6-4-7-12-10/h3,9-11H,1,4-8H2,2H3/t9-,10-/m0/s1. The second kappa shape index (κ2) is 5.33. The minimum Gasteiger partial charge on any atom is -0.377 e. The van der Waals surface area contributed by atoms with E-state index in [1.165, 1.54) is 12.8 Å². The van der Waals surface area contributed by atoms with Gasteiger partial charge < -0.3 is 10.1 Å². The lowest BCUT2D eigenvalue weighted by atomic mass is 10.2. The maximum atomic E-state index is 5.49. The number of rotatable bonds is 5. The van der Waals surface area contributed by atoms with E-state index in [1.54, 1.807) is 0 Å². The molecule has 2 nitrogen and oxygen atoms in total. The number of hydrogen-bond acceptors (Lipinski definition) is 2. The summed E-state index contributed by atoms with van der Waals surface area (Å²) >= 11 is 0. The fourth-order valence-corrected chi connectivity index (χ4v) is 1.47. The van der Waals surface area contributed by atoms with Crippen LogP contribution in [0, 0.1) is 0 Å². The molecule has 1 N–H and O–H groups in total. The normalized spacial score (nSPS) is 25.6. The van der Waals surface area contributed by atoms with Gasteiger partial charge in [0.2, 0.25) is 0 Å². The molecular formula is C10H19NO. The average Bonchev–Trinajstić information content (AvgIpc) is 2.53. The maximum Gasteiger partial charge on any atom is 0.0700 e. The van der Waals surface area contributed by atoms with Crippen molar-refractivity contribution in [1.29, 1.82) is 0 Å². The van der Waals surface area contributed by atoms with Crippen molar-refractivity contribution < 1.29 is 4.74 Å². The first-order valence-electron chi connectivity index (χ1n) is 4.79. The van der Waals surface area contributed by atoms with Crippen molar-refractivity contribution in [2.75, 3.05) is 13.2 Å². The Labute approximate surface area is 75.0 Å². The van der Waals surface area contributed by atoms with Gasteiger partial charge in [-0.3, -0.25) is 0 Å². The molecule has 0 aliphatic carbocycles. The van der Waals surface area contributed by atoms with Crippen molar-refractivity contribution in [2.45, 2.75) is 38.3 Å². The molecule has 0 aromatic carbocycles. The van der Waals surface area contributed by atoms with Gasteiger partial charge in [-0.05, 0) is 26.2 Å². The van der Waals surface area contributed by atoms with Crippen LogP contribution in [-0.2, 0) is 4.74 Å². The first-order chi connectivity index (χ1) is 5.83. The lowest BCUT2D eigenvalue weighted by Crippen LogP contribution is -2.33. The molecule has 0 aromatic heterocycles. The summed E-state index contributed by atoms with van der Waals surface area (Å²) in [4.78, 5) is 0. The van der Waals surface area contributed by atoms with Crippen LogP contribution in [0.25, 0.3) is 0 Å². The number of hydrogen-bond donors (Lipinski definition) is 1. The van der Waals surface area contributed by atoms with Gasteiger partial charge in [-0.1, -0.05) is 6.08 Å². The van der Waals surface area contributed by atoms with Gasteiger partial charge in [0.25, 0.3) is 0 Å². The van der Waals surface area contributed by atoms with E-state index < -0.39 is 0 Å². The van der Waals surface area contributed by atoms with E-state index >= 15 is 0 Å². The summed E-state index contributed by atoms with van der Waals surface area (Å²) in [5.74, 6) is 0. The Bertz CT molecular complexity index is 130. The molecule has 2 heteroatoms. The minimum absolute atomic E-state index is 0.456. The molecule has 0 spiro atoms. The zero-order chi connectivity index (χ0) is 8.81. The SMILES string of the molecule is C=CC[C@H](C)NC[C@@H]1CCCO1. The molecule has 2 atom stereocenters. The molecule has 0 bridgehead atoms. The molecule has 12 heavy (non-hydrogen) atoms. The molecule has 1 heterocycles. The third-order valence-electron chi connectivity index (χ3n) is 2.24. The lowest BCUT2D eigenvalue weighted by molar-refractivity contribution is 0.108. The predicted molar refractivity (Wildman–Crippen MR) is 51.3 cm³/mol. The van der Waals surface area contributed by atoms with Gasteiger partial charge in [0.1, 0.15) is 0 Å². The molecule has 70 valence electrons. The average molecular weight is 169 g/mol. The third kappa shape index (κ3) is 3.37. The Hall–Kier alpha value is -0.340. The Morgan fingerprint density at radius 2 is 2.58 bits per heavy atom. The number of nitrogens with one attached hydrogen (secondary N) is 1. The van der Waals surface area contributed by atoms with E-state index in [4.69, 9.17) is 4.74 Å². The minimum atomic E-state index is 0.456. The summed E-state index contributed by atoms with van der Waals surface area (Å²) in [5, 5.41) is 3.43. The van der Waals surface area contributed by atoms with E-state index in [1.807, 2.05) is 6.08 Å². The van der Waals surface area contributed by atoms with E-state index in [9.17, 15) is 0 Å². The monoisotopic (exact) mass is 169 g/mol. The largest absolute Gasteiger partial charge is 0.377 e. The van der Waals surface area contributed by atoms with Gasteiger partial charge >= 0.3 is 0 Å². The quantitative estimate of drug-likeness (QED) is 0.633. The lowest BCUT2D eigenvalue weighted by Gasteiger charge is -2.15. The van der Waals surface area contributed by atoms with E-state index in [-0.39, 0.29) is 0 Å². The topological polar surface area (TPSA) is 21.3 Å². The van der Waals surface area contributed by atoms with E-state index in [0.717, 1.165) is 19.6 Å². The van der Waals surface area contributed by atoms with E-state index in [2.05, 4.69) is 18.8 Å². The first-order valence-corrected chi connectivity index (χ1v) is 4.79. The van der Waals surface area contributed by atoms with Crippen molar-refractivity contribution in [2.24, 2.45) is 0 Å². The molecule has 0 aromatic rings. The zero-order valence-corrected chi connectivity index (χ0v) is 7.88. The molecule has 1 aliphatic rings. The number of ether oxygens (including phenoxy) is 1. The highest BCUT2D eigenvalue weighted by Crippen LogP contribution is 2.10. The molecule has 1 saturated heterocycles. The molecule has 0 unspecified atom stereocenters.